The molecule has 2 aromatic rings. The summed E-state index contributed by atoms with van der Waals surface area (Å²) in [6, 6.07) is 4.10. The van der Waals surface area contributed by atoms with E-state index in [4.69, 9.17) is 0 Å². The van der Waals surface area contributed by atoms with Gasteiger partial charge in [0.05, 0.1) is 5.69 Å². The monoisotopic (exact) mass is 364 g/mol. The molecule has 0 aromatic carbocycles. The van der Waals surface area contributed by atoms with Crippen LogP contribution in [0.4, 0.5) is 5.82 Å². The zero-order chi connectivity index (χ0) is 15.7. The number of anilines is 1. The third kappa shape index (κ3) is 3.03. The highest BCUT2D eigenvalue weighted by Gasteiger charge is 2.28. The van der Waals surface area contributed by atoms with Gasteiger partial charge in [-0.25, -0.2) is 9.97 Å². The highest BCUT2D eigenvalue weighted by Crippen LogP contribution is 2.31. The fraction of sp³-hybridized carbons (Fsp3) is 0.500. The minimum atomic E-state index is -0.484. The van der Waals surface area contributed by atoms with Crippen LogP contribution in [0.15, 0.2) is 29.0 Å². The van der Waals surface area contributed by atoms with E-state index >= 15 is 0 Å². The molecule has 0 saturated carbocycles. The van der Waals surface area contributed by atoms with E-state index in [9.17, 15) is 5.11 Å². The van der Waals surface area contributed by atoms with Gasteiger partial charge in [-0.05, 0) is 53.7 Å². The van der Waals surface area contributed by atoms with Gasteiger partial charge in [-0.3, -0.25) is 0 Å². The summed E-state index contributed by atoms with van der Waals surface area (Å²) in [6.45, 7) is 3.84. The maximum Gasteiger partial charge on any atom is 0.137 e. The molecule has 1 saturated heterocycles. The quantitative estimate of drug-likeness (QED) is 0.909. The molecular formula is C16H21BrN4O. The Hall–Kier alpha value is -1.40. The first-order valence-corrected chi connectivity index (χ1v) is 8.39. The minimum absolute atomic E-state index is 0.258. The molecule has 0 bridgehead atoms. The first kappa shape index (κ1) is 15.5. The van der Waals surface area contributed by atoms with Crippen molar-refractivity contribution in [1.29, 1.82) is 0 Å². The van der Waals surface area contributed by atoms with Crippen LogP contribution in [0, 0.1) is 12.8 Å². The van der Waals surface area contributed by atoms with Crippen molar-refractivity contribution >= 4 is 21.7 Å². The van der Waals surface area contributed by atoms with Crippen LogP contribution in [-0.2, 0) is 7.05 Å². The zero-order valence-corrected chi connectivity index (χ0v) is 14.5. The van der Waals surface area contributed by atoms with Crippen molar-refractivity contribution in [3.05, 3.63) is 40.5 Å². The number of nitrogens with zero attached hydrogens (tertiary/aromatic N) is 4. The average Bonchev–Trinajstić information content (AvgIpc) is 2.95. The maximum atomic E-state index is 10.5. The van der Waals surface area contributed by atoms with Crippen LogP contribution in [0.1, 0.15) is 30.5 Å². The van der Waals surface area contributed by atoms with E-state index in [1.165, 1.54) is 0 Å². The SMILES string of the molecule is Cc1nc(N2CCC(C(O)c3nccn3C)CC2)ccc1Br. The predicted octanol–water partition coefficient (Wildman–Crippen LogP) is 2.84. The molecule has 3 heterocycles. The van der Waals surface area contributed by atoms with Gasteiger partial charge in [-0.15, -0.1) is 0 Å². The molecule has 1 aliphatic rings. The van der Waals surface area contributed by atoms with Crippen molar-refractivity contribution in [2.75, 3.05) is 18.0 Å². The summed E-state index contributed by atoms with van der Waals surface area (Å²) in [4.78, 5) is 11.2. The number of pyridine rings is 1. The third-order valence-electron chi connectivity index (χ3n) is 4.44. The molecule has 3 rings (SSSR count). The van der Waals surface area contributed by atoms with Crippen molar-refractivity contribution in [3.63, 3.8) is 0 Å². The number of hydrogen-bond acceptors (Lipinski definition) is 4. The van der Waals surface area contributed by atoms with E-state index in [1.54, 1.807) is 6.20 Å². The smallest absolute Gasteiger partial charge is 0.137 e. The van der Waals surface area contributed by atoms with Gasteiger partial charge in [0.25, 0.3) is 0 Å². The van der Waals surface area contributed by atoms with E-state index < -0.39 is 6.10 Å². The second kappa shape index (κ2) is 6.38. The molecule has 0 aliphatic carbocycles. The first-order valence-electron chi connectivity index (χ1n) is 7.59. The van der Waals surface area contributed by atoms with Crippen LogP contribution < -0.4 is 4.90 Å². The predicted molar refractivity (Wildman–Crippen MR) is 89.8 cm³/mol. The number of piperidine rings is 1. The zero-order valence-electron chi connectivity index (χ0n) is 12.9. The van der Waals surface area contributed by atoms with E-state index in [2.05, 4.69) is 30.8 Å². The van der Waals surface area contributed by atoms with E-state index in [0.717, 1.165) is 47.7 Å². The summed E-state index contributed by atoms with van der Waals surface area (Å²) in [5.41, 5.74) is 1.01. The van der Waals surface area contributed by atoms with Gasteiger partial charge in [-0.1, -0.05) is 0 Å². The van der Waals surface area contributed by atoms with Crippen LogP contribution >= 0.6 is 15.9 Å². The number of aryl methyl sites for hydroxylation is 2. The van der Waals surface area contributed by atoms with Gasteiger partial charge >= 0.3 is 0 Å². The number of imidazole rings is 1. The molecule has 118 valence electrons. The number of aromatic nitrogens is 3. The molecular weight excluding hydrogens is 344 g/mol. The Kier molecular flexibility index (Phi) is 4.49. The van der Waals surface area contributed by atoms with Crippen molar-refractivity contribution in [1.82, 2.24) is 14.5 Å². The lowest BCUT2D eigenvalue weighted by Gasteiger charge is -2.34. The Balaban J connectivity index is 1.65. The van der Waals surface area contributed by atoms with Gasteiger partial charge in [0.1, 0.15) is 17.7 Å². The van der Waals surface area contributed by atoms with Crippen molar-refractivity contribution in [3.8, 4) is 0 Å². The summed E-state index contributed by atoms with van der Waals surface area (Å²) >= 11 is 3.49. The fourth-order valence-electron chi connectivity index (χ4n) is 3.02. The fourth-order valence-corrected chi connectivity index (χ4v) is 3.24. The lowest BCUT2D eigenvalue weighted by Crippen LogP contribution is -2.36. The van der Waals surface area contributed by atoms with Crippen LogP contribution in [-0.4, -0.2) is 32.7 Å². The Labute approximate surface area is 139 Å². The molecule has 1 atom stereocenters. The summed E-state index contributed by atoms with van der Waals surface area (Å²) in [7, 11) is 1.93. The second-order valence-electron chi connectivity index (χ2n) is 5.90. The Morgan fingerprint density at radius 1 is 1.32 bits per heavy atom. The number of aliphatic hydroxyl groups excluding tert-OH is 1. The standard InChI is InChI=1S/C16H21BrN4O/c1-11-13(17)3-4-14(19-11)21-8-5-12(6-9-21)15(22)16-18-7-10-20(16)2/h3-4,7,10,12,15,22H,5-6,8-9H2,1-2H3. The van der Waals surface area contributed by atoms with Crippen LogP contribution in [0.5, 0.6) is 0 Å². The molecule has 5 nitrogen and oxygen atoms in total. The largest absolute Gasteiger partial charge is 0.385 e. The van der Waals surface area contributed by atoms with Gasteiger partial charge in [0.15, 0.2) is 0 Å². The number of rotatable bonds is 3. The number of hydrogen-bond donors (Lipinski definition) is 1. The van der Waals surface area contributed by atoms with Crippen molar-refractivity contribution in [2.45, 2.75) is 25.9 Å². The second-order valence-corrected chi connectivity index (χ2v) is 6.76. The molecule has 1 fully saturated rings. The van der Waals surface area contributed by atoms with Crippen LogP contribution in [0.3, 0.4) is 0 Å². The minimum Gasteiger partial charge on any atom is -0.385 e. The summed E-state index contributed by atoms with van der Waals surface area (Å²) in [6.07, 6.45) is 5.03. The van der Waals surface area contributed by atoms with E-state index in [-0.39, 0.29) is 5.92 Å². The summed E-state index contributed by atoms with van der Waals surface area (Å²) < 4.78 is 2.94. The molecule has 22 heavy (non-hydrogen) atoms. The first-order chi connectivity index (χ1) is 10.6. The Morgan fingerprint density at radius 2 is 2.05 bits per heavy atom. The van der Waals surface area contributed by atoms with Gasteiger partial charge in [0.2, 0.25) is 0 Å². The lowest BCUT2D eigenvalue weighted by molar-refractivity contribution is 0.0824. The van der Waals surface area contributed by atoms with Crippen molar-refractivity contribution in [2.24, 2.45) is 13.0 Å². The highest BCUT2D eigenvalue weighted by atomic mass is 79.9. The van der Waals surface area contributed by atoms with Gasteiger partial charge in [-0.2, -0.15) is 0 Å². The number of halogens is 1. The normalized spacial score (nSPS) is 17.7. The highest BCUT2D eigenvalue weighted by molar-refractivity contribution is 9.10. The van der Waals surface area contributed by atoms with Gasteiger partial charge < -0.3 is 14.6 Å². The molecule has 1 aliphatic heterocycles. The molecule has 0 spiro atoms. The van der Waals surface area contributed by atoms with Crippen LogP contribution in [0.25, 0.3) is 0 Å². The lowest BCUT2D eigenvalue weighted by atomic mass is 9.90. The molecule has 6 heteroatoms. The topological polar surface area (TPSA) is 54.2 Å². The number of aliphatic hydroxyl groups is 1. The third-order valence-corrected chi connectivity index (χ3v) is 5.28. The summed E-state index contributed by atoms with van der Waals surface area (Å²) in [5.74, 6) is 2.04. The Morgan fingerprint density at radius 3 is 2.64 bits per heavy atom. The molecule has 0 amide bonds. The van der Waals surface area contributed by atoms with Crippen LogP contribution in [0.2, 0.25) is 0 Å². The maximum absolute atomic E-state index is 10.5. The molecule has 0 radical (unpaired) electrons. The van der Waals surface area contributed by atoms with E-state index in [0.29, 0.717) is 0 Å². The average molecular weight is 365 g/mol. The molecule has 1 unspecified atom stereocenters. The van der Waals surface area contributed by atoms with Crippen molar-refractivity contribution < 1.29 is 5.11 Å². The van der Waals surface area contributed by atoms with E-state index in [1.807, 2.05) is 36.9 Å². The molecule has 2 aromatic heterocycles. The van der Waals surface area contributed by atoms with Gasteiger partial charge in [0, 0.05) is 37.0 Å². The Bertz CT molecular complexity index is 649. The summed E-state index contributed by atoms with van der Waals surface area (Å²) in [5, 5.41) is 10.5. The molecule has 1 N–H and O–H groups in total.